The number of ether oxygens (including phenoxy) is 1. The summed E-state index contributed by atoms with van der Waals surface area (Å²) in [5.41, 5.74) is -0.0261. The summed E-state index contributed by atoms with van der Waals surface area (Å²) in [7, 11) is -0.325. The SMILES string of the molecule is COc1cc(B(O)O)c(O)cn1. The summed E-state index contributed by atoms with van der Waals surface area (Å²) in [5.74, 6) is -0.0540. The van der Waals surface area contributed by atoms with E-state index in [2.05, 4.69) is 4.98 Å². The molecule has 0 atom stereocenters. The van der Waals surface area contributed by atoms with E-state index in [1.54, 1.807) is 0 Å². The van der Waals surface area contributed by atoms with Crippen LogP contribution in [0, 0.1) is 0 Å². The first kappa shape index (κ1) is 8.83. The standard InChI is InChI=1S/C6H8BNO4/c1-12-6-2-4(7(10)11)5(9)3-8-6/h2-3,9-11H,1H3. The van der Waals surface area contributed by atoms with Gasteiger partial charge in [0.1, 0.15) is 5.75 Å². The first-order valence-electron chi connectivity index (χ1n) is 3.24. The zero-order valence-corrected chi connectivity index (χ0v) is 6.43. The minimum absolute atomic E-state index is 0.0261. The Labute approximate surface area is 69.4 Å². The number of hydrogen-bond acceptors (Lipinski definition) is 5. The fourth-order valence-electron chi connectivity index (χ4n) is 0.762. The average Bonchev–Trinajstić information content (AvgIpc) is 2.05. The van der Waals surface area contributed by atoms with Crippen molar-refractivity contribution in [3.8, 4) is 11.6 Å². The fraction of sp³-hybridized carbons (Fsp3) is 0.167. The Kier molecular flexibility index (Phi) is 2.52. The Hall–Kier alpha value is -1.27. The van der Waals surface area contributed by atoms with Gasteiger partial charge < -0.3 is 19.9 Å². The van der Waals surface area contributed by atoms with E-state index >= 15 is 0 Å². The number of hydrogen-bond donors (Lipinski definition) is 3. The van der Waals surface area contributed by atoms with Crippen molar-refractivity contribution in [3.05, 3.63) is 12.3 Å². The lowest BCUT2D eigenvalue weighted by Gasteiger charge is -2.04. The van der Waals surface area contributed by atoms with Crippen molar-refractivity contribution < 1.29 is 19.9 Å². The molecule has 0 aromatic carbocycles. The van der Waals surface area contributed by atoms with Crippen molar-refractivity contribution in [2.45, 2.75) is 0 Å². The van der Waals surface area contributed by atoms with Crippen LogP contribution >= 0.6 is 0 Å². The second-order valence-electron chi connectivity index (χ2n) is 2.16. The van der Waals surface area contributed by atoms with Crippen LogP contribution in [0.4, 0.5) is 0 Å². The molecular formula is C6H8BNO4. The third kappa shape index (κ3) is 1.66. The Morgan fingerprint density at radius 2 is 2.17 bits per heavy atom. The Morgan fingerprint density at radius 3 is 2.67 bits per heavy atom. The highest BCUT2D eigenvalue weighted by molar-refractivity contribution is 6.59. The molecule has 1 rings (SSSR count). The first-order chi connectivity index (χ1) is 5.65. The zero-order chi connectivity index (χ0) is 9.14. The van der Waals surface area contributed by atoms with Crippen LogP contribution in [0.2, 0.25) is 0 Å². The van der Waals surface area contributed by atoms with Crippen LogP contribution in [-0.2, 0) is 0 Å². The fourth-order valence-corrected chi connectivity index (χ4v) is 0.762. The van der Waals surface area contributed by atoms with E-state index in [4.69, 9.17) is 19.9 Å². The van der Waals surface area contributed by atoms with E-state index < -0.39 is 7.12 Å². The van der Waals surface area contributed by atoms with Gasteiger partial charge in [0.25, 0.3) is 0 Å². The molecule has 5 nitrogen and oxygen atoms in total. The second kappa shape index (κ2) is 3.42. The summed E-state index contributed by atoms with van der Waals surface area (Å²) in [6.45, 7) is 0. The summed E-state index contributed by atoms with van der Waals surface area (Å²) < 4.78 is 4.72. The third-order valence-electron chi connectivity index (χ3n) is 1.38. The van der Waals surface area contributed by atoms with Gasteiger partial charge in [-0.05, 0) is 0 Å². The van der Waals surface area contributed by atoms with Crippen molar-refractivity contribution >= 4 is 12.6 Å². The van der Waals surface area contributed by atoms with Gasteiger partial charge in [0, 0.05) is 11.5 Å². The van der Waals surface area contributed by atoms with Crippen LogP contribution < -0.4 is 10.2 Å². The van der Waals surface area contributed by atoms with Gasteiger partial charge in [-0.25, -0.2) is 4.98 Å². The molecule has 1 aromatic rings. The molecule has 0 unspecified atom stereocenters. The highest BCUT2D eigenvalue weighted by atomic mass is 16.5. The number of pyridine rings is 1. The van der Waals surface area contributed by atoms with Crippen LogP contribution in [0.25, 0.3) is 0 Å². The highest BCUT2D eigenvalue weighted by Crippen LogP contribution is 2.09. The molecule has 1 aromatic heterocycles. The quantitative estimate of drug-likeness (QED) is 0.468. The molecule has 0 aliphatic rings. The largest absolute Gasteiger partial charge is 0.507 e. The molecule has 0 radical (unpaired) electrons. The molecule has 0 saturated heterocycles. The third-order valence-corrected chi connectivity index (χ3v) is 1.38. The van der Waals surface area contributed by atoms with Crippen molar-refractivity contribution in [1.29, 1.82) is 0 Å². The van der Waals surface area contributed by atoms with Crippen molar-refractivity contribution in [3.63, 3.8) is 0 Å². The van der Waals surface area contributed by atoms with Gasteiger partial charge in [-0.3, -0.25) is 0 Å². The molecular weight excluding hydrogens is 161 g/mol. The maximum atomic E-state index is 9.06. The van der Waals surface area contributed by atoms with Crippen molar-refractivity contribution in [2.75, 3.05) is 7.11 Å². The first-order valence-corrected chi connectivity index (χ1v) is 3.24. The molecule has 12 heavy (non-hydrogen) atoms. The van der Waals surface area contributed by atoms with Gasteiger partial charge in [0.15, 0.2) is 0 Å². The Bertz CT molecular complexity index is 278. The maximum absolute atomic E-state index is 9.06. The summed E-state index contributed by atoms with van der Waals surface area (Å²) >= 11 is 0. The van der Waals surface area contributed by atoms with E-state index in [0.717, 1.165) is 6.20 Å². The molecule has 0 bridgehead atoms. The van der Waals surface area contributed by atoms with Gasteiger partial charge in [-0.1, -0.05) is 0 Å². The van der Waals surface area contributed by atoms with Crippen LogP contribution in [0.3, 0.4) is 0 Å². The van der Waals surface area contributed by atoms with E-state index in [0.29, 0.717) is 0 Å². The number of nitrogens with zero attached hydrogens (tertiary/aromatic N) is 1. The van der Waals surface area contributed by atoms with Crippen LogP contribution in [0.5, 0.6) is 11.6 Å². The minimum Gasteiger partial charge on any atom is -0.507 e. The van der Waals surface area contributed by atoms with Crippen LogP contribution in [0.1, 0.15) is 0 Å². The molecule has 3 N–H and O–H groups in total. The van der Waals surface area contributed by atoms with Crippen molar-refractivity contribution in [1.82, 2.24) is 4.98 Å². The normalized spacial score (nSPS) is 9.58. The lowest BCUT2D eigenvalue weighted by atomic mass is 9.80. The molecule has 0 spiro atoms. The van der Waals surface area contributed by atoms with Gasteiger partial charge in [0.05, 0.1) is 13.3 Å². The lowest BCUT2D eigenvalue weighted by Crippen LogP contribution is -2.30. The zero-order valence-electron chi connectivity index (χ0n) is 6.43. The van der Waals surface area contributed by atoms with Gasteiger partial charge in [0.2, 0.25) is 5.88 Å². The van der Waals surface area contributed by atoms with Crippen molar-refractivity contribution in [2.24, 2.45) is 0 Å². The topological polar surface area (TPSA) is 82.8 Å². The van der Waals surface area contributed by atoms with E-state index in [1.165, 1.54) is 13.2 Å². The predicted molar refractivity (Wildman–Crippen MR) is 42.3 cm³/mol. The Balaban J connectivity index is 3.08. The number of aromatic hydroxyl groups is 1. The Morgan fingerprint density at radius 1 is 1.50 bits per heavy atom. The van der Waals surface area contributed by atoms with E-state index in [1.807, 2.05) is 0 Å². The van der Waals surface area contributed by atoms with Gasteiger partial charge in [-0.2, -0.15) is 0 Å². The lowest BCUT2D eigenvalue weighted by molar-refractivity contribution is 0.391. The molecule has 0 saturated carbocycles. The number of aromatic nitrogens is 1. The van der Waals surface area contributed by atoms with E-state index in [-0.39, 0.29) is 17.1 Å². The second-order valence-corrected chi connectivity index (χ2v) is 2.16. The number of methoxy groups -OCH3 is 1. The monoisotopic (exact) mass is 169 g/mol. The molecule has 0 aliphatic carbocycles. The van der Waals surface area contributed by atoms with Gasteiger partial charge >= 0.3 is 7.12 Å². The summed E-state index contributed by atoms with van der Waals surface area (Å²) in [5, 5.41) is 26.5. The highest BCUT2D eigenvalue weighted by Gasteiger charge is 2.17. The summed E-state index contributed by atoms with van der Waals surface area (Å²) in [4.78, 5) is 3.65. The van der Waals surface area contributed by atoms with E-state index in [9.17, 15) is 0 Å². The molecule has 64 valence electrons. The molecule has 0 fully saturated rings. The molecule has 6 heteroatoms. The molecule has 0 amide bonds. The van der Waals surface area contributed by atoms with Gasteiger partial charge in [-0.15, -0.1) is 0 Å². The smallest absolute Gasteiger partial charge is 0.492 e. The summed E-state index contributed by atoms with van der Waals surface area (Å²) in [6.07, 6.45) is 1.09. The summed E-state index contributed by atoms with van der Waals surface area (Å²) in [6, 6.07) is 1.25. The number of rotatable bonds is 2. The average molecular weight is 169 g/mol. The van der Waals surface area contributed by atoms with Crippen LogP contribution in [-0.4, -0.2) is 34.4 Å². The molecule has 0 aliphatic heterocycles. The molecule has 1 heterocycles. The van der Waals surface area contributed by atoms with Crippen LogP contribution in [0.15, 0.2) is 12.3 Å². The minimum atomic E-state index is -1.72. The predicted octanol–water partition coefficient (Wildman–Crippen LogP) is -1.52. The maximum Gasteiger partial charge on any atom is 0.492 e.